The van der Waals surface area contributed by atoms with Gasteiger partial charge < -0.3 is 10.1 Å². The highest BCUT2D eigenvalue weighted by Gasteiger charge is 2.00. The first-order valence-electron chi connectivity index (χ1n) is 5.66. The van der Waals surface area contributed by atoms with Gasteiger partial charge in [-0.2, -0.15) is 0 Å². The molecule has 0 radical (unpaired) electrons. The zero-order valence-electron chi connectivity index (χ0n) is 10.3. The van der Waals surface area contributed by atoms with Crippen LogP contribution in [0.5, 0.6) is 0 Å². The zero-order chi connectivity index (χ0) is 12.7. The summed E-state index contributed by atoms with van der Waals surface area (Å²) in [6.07, 6.45) is 1.28. The highest BCUT2D eigenvalue weighted by atomic mass is 79.9. The predicted molar refractivity (Wildman–Crippen MR) is 71.8 cm³/mol. The number of hydrogen-bond donors (Lipinski definition) is 1. The number of carbonyl (C=O) groups excluding carboxylic acids is 1. The van der Waals surface area contributed by atoms with Crippen molar-refractivity contribution in [2.24, 2.45) is 0 Å². The molecule has 17 heavy (non-hydrogen) atoms. The van der Waals surface area contributed by atoms with Gasteiger partial charge in [-0.3, -0.25) is 4.79 Å². The molecule has 0 aliphatic carbocycles. The van der Waals surface area contributed by atoms with Crippen molar-refractivity contribution in [1.29, 1.82) is 0 Å². The second kappa shape index (κ2) is 7.45. The number of methoxy groups -OCH3 is 1. The molecule has 1 aromatic rings. The van der Waals surface area contributed by atoms with Gasteiger partial charge in [0.15, 0.2) is 0 Å². The first kappa shape index (κ1) is 14.2. The van der Waals surface area contributed by atoms with Crippen LogP contribution < -0.4 is 5.32 Å². The summed E-state index contributed by atoms with van der Waals surface area (Å²) in [5.41, 5.74) is 2.47. The van der Waals surface area contributed by atoms with Crippen molar-refractivity contribution in [2.45, 2.75) is 26.3 Å². The molecule has 1 N–H and O–H groups in total. The second-order valence-electron chi connectivity index (χ2n) is 3.94. The molecule has 0 amide bonds. The average Bonchev–Trinajstić information content (AvgIpc) is 2.33. The summed E-state index contributed by atoms with van der Waals surface area (Å²) in [6, 6.07) is 6.31. The summed E-state index contributed by atoms with van der Waals surface area (Å²) in [6.45, 7) is 3.71. The Bertz CT molecular complexity index is 380. The molecule has 0 heterocycles. The van der Waals surface area contributed by atoms with E-state index in [4.69, 9.17) is 0 Å². The molecule has 0 saturated heterocycles. The van der Waals surface area contributed by atoms with E-state index in [1.165, 1.54) is 18.2 Å². The van der Waals surface area contributed by atoms with Crippen LogP contribution >= 0.6 is 15.9 Å². The molecule has 3 nitrogen and oxygen atoms in total. The molecule has 0 aliphatic rings. The van der Waals surface area contributed by atoms with Crippen molar-refractivity contribution >= 4 is 21.9 Å². The quantitative estimate of drug-likeness (QED) is 0.648. The molecule has 1 aromatic carbocycles. The Labute approximate surface area is 111 Å². The van der Waals surface area contributed by atoms with Gasteiger partial charge in [-0.05, 0) is 37.1 Å². The van der Waals surface area contributed by atoms with Crippen LogP contribution in [0.4, 0.5) is 0 Å². The monoisotopic (exact) mass is 299 g/mol. The van der Waals surface area contributed by atoms with Crippen LogP contribution in [0.25, 0.3) is 0 Å². The van der Waals surface area contributed by atoms with E-state index in [9.17, 15) is 4.79 Å². The molecule has 0 unspecified atom stereocenters. The lowest BCUT2D eigenvalue weighted by Crippen LogP contribution is -2.16. The minimum Gasteiger partial charge on any atom is -0.469 e. The van der Waals surface area contributed by atoms with Gasteiger partial charge in [-0.25, -0.2) is 0 Å². The highest BCUT2D eigenvalue weighted by molar-refractivity contribution is 9.10. The van der Waals surface area contributed by atoms with Gasteiger partial charge in [0.05, 0.1) is 7.11 Å². The molecule has 4 heteroatoms. The standard InChI is InChI=1S/C13H18BrNO2/c1-10-5-6-11(8-12(10)14)9-15-7-3-4-13(16)17-2/h5-6,8,15H,3-4,7,9H2,1-2H3. The number of aryl methyl sites for hydroxylation is 1. The lowest BCUT2D eigenvalue weighted by atomic mass is 10.1. The van der Waals surface area contributed by atoms with Crippen molar-refractivity contribution in [2.75, 3.05) is 13.7 Å². The van der Waals surface area contributed by atoms with Gasteiger partial charge >= 0.3 is 5.97 Å². The summed E-state index contributed by atoms with van der Waals surface area (Å²) in [5, 5.41) is 3.30. The molecule has 0 fully saturated rings. The van der Waals surface area contributed by atoms with E-state index >= 15 is 0 Å². The minimum atomic E-state index is -0.148. The maximum absolute atomic E-state index is 10.9. The van der Waals surface area contributed by atoms with Gasteiger partial charge in [-0.15, -0.1) is 0 Å². The van der Waals surface area contributed by atoms with Gasteiger partial charge in [0, 0.05) is 17.4 Å². The number of rotatable bonds is 6. The molecule has 0 aromatic heterocycles. The summed E-state index contributed by atoms with van der Waals surface area (Å²) in [7, 11) is 1.42. The highest BCUT2D eigenvalue weighted by Crippen LogP contribution is 2.17. The van der Waals surface area contributed by atoms with Crippen molar-refractivity contribution in [1.82, 2.24) is 5.32 Å². The summed E-state index contributed by atoms with van der Waals surface area (Å²) < 4.78 is 5.70. The topological polar surface area (TPSA) is 38.3 Å². The Kier molecular flexibility index (Phi) is 6.22. The van der Waals surface area contributed by atoms with E-state index in [0.717, 1.165) is 24.0 Å². The molecular formula is C13H18BrNO2. The molecule has 94 valence electrons. The second-order valence-corrected chi connectivity index (χ2v) is 4.79. The fourth-order valence-electron chi connectivity index (χ4n) is 1.44. The molecule has 0 spiro atoms. The van der Waals surface area contributed by atoms with Crippen LogP contribution in [0.3, 0.4) is 0 Å². The first-order valence-corrected chi connectivity index (χ1v) is 6.45. The van der Waals surface area contributed by atoms with Gasteiger partial charge in [0.1, 0.15) is 0 Å². The normalized spacial score (nSPS) is 10.3. The van der Waals surface area contributed by atoms with Crippen LogP contribution in [0, 0.1) is 6.92 Å². The third-order valence-electron chi connectivity index (χ3n) is 2.53. The number of esters is 1. The third kappa shape index (κ3) is 5.33. The van der Waals surface area contributed by atoms with E-state index in [0.29, 0.717) is 6.42 Å². The predicted octanol–water partition coefficient (Wildman–Crippen LogP) is 2.80. The molecule has 1 rings (SSSR count). The number of ether oxygens (including phenoxy) is 1. The van der Waals surface area contributed by atoms with Crippen LogP contribution in [0.1, 0.15) is 24.0 Å². The Balaban J connectivity index is 2.22. The van der Waals surface area contributed by atoms with Gasteiger partial charge in [0.2, 0.25) is 0 Å². The molecule has 0 saturated carbocycles. The number of benzene rings is 1. The van der Waals surface area contributed by atoms with Gasteiger partial charge in [-0.1, -0.05) is 28.1 Å². The number of halogens is 1. The molecule has 0 bridgehead atoms. The molecular weight excluding hydrogens is 282 g/mol. The fourth-order valence-corrected chi connectivity index (χ4v) is 1.87. The van der Waals surface area contributed by atoms with Crippen molar-refractivity contribution in [3.63, 3.8) is 0 Å². The smallest absolute Gasteiger partial charge is 0.305 e. The number of carbonyl (C=O) groups is 1. The van der Waals surface area contributed by atoms with Crippen molar-refractivity contribution < 1.29 is 9.53 Å². The molecule has 0 atom stereocenters. The maximum atomic E-state index is 10.9. The largest absolute Gasteiger partial charge is 0.469 e. The average molecular weight is 300 g/mol. The first-order chi connectivity index (χ1) is 8.13. The van der Waals surface area contributed by atoms with Crippen LogP contribution in [0.2, 0.25) is 0 Å². The van der Waals surface area contributed by atoms with Crippen molar-refractivity contribution in [3.8, 4) is 0 Å². The van der Waals surface area contributed by atoms with Gasteiger partial charge in [0.25, 0.3) is 0 Å². The van der Waals surface area contributed by atoms with E-state index < -0.39 is 0 Å². The van der Waals surface area contributed by atoms with E-state index in [1.807, 2.05) is 0 Å². The van der Waals surface area contributed by atoms with E-state index in [1.54, 1.807) is 0 Å². The third-order valence-corrected chi connectivity index (χ3v) is 3.38. The Morgan fingerprint density at radius 1 is 1.47 bits per heavy atom. The summed E-state index contributed by atoms with van der Waals surface area (Å²) in [5.74, 6) is -0.148. The SMILES string of the molecule is COC(=O)CCCNCc1ccc(C)c(Br)c1. The van der Waals surface area contributed by atoms with Crippen LogP contribution in [-0.2, 0) is 16.1 Å². The number of nitrogens with one attached hydrogen (secondary N) is 1. The number of hydrogen-bond acceptors (Lipinski definition) is 3. The minimum absolute atomic E-state index is 0.148. The Morgan fingerprint density at radius 2 is 2.24 bits per heavy atom. The van der Waals surface area contributed by atoms with E-state index in [2.05, 4.69) is 51.1 Å². The zero-order valence-corrected chi connectivity index (χ0v) is 11.8. The van der Waals surface area contributed by atoms with Crippen LogP contribution in [0.15, 0.2) is 22.7 Å². The maximum Gasteiger partial charge on any atom is 0.305 e. The fraction of sp³-hybridized carbons (Fsp3) is 0.462. The van der Waals surface area contributed by atoms with Crippen molar-refractivity contribution in [3.05, 3.63) is 33.8 Å². The van der Waals surface area contributed by atoms with E-state index in [-0.39, 0.29) is 5.97 Å². The Morgan fingerprint density at radius 3 is 2.88 bits per heavy atom. The molecule has 0 aliphatic heterocycles. The summed E-state index contributed by atoms with van der Waals surface area (Å²) >= 11 is 3.51. The van der Waals surface area contributed by atoms with Crippen LogP contribution in [-0.4, -0.2) is 19.6 Å². The Hall–Kier alpha value is -0.870. The lowest BCUT2D eigenvalue weighted by molar-refractivity contribution is -0.140. The lowest BCUT2D eigenvalue weighted by Gasteiger charge is -2.06. The summed E-state index contributed by atoms with van der Waals surface area (Å²) in [4.78, 5) is 10.9.